The van der Waals surface area contributed by atoms with E-state index in [-0.39, 0.29) is 17.0 Å². The summed E-state index contributed by atoms with van der Waals surface area (Å²) >= 11 is 7.77. The van der Waals surface area contributed by atoms with Gasteiger partial charge in [-0.1, -0.05) is 17.7 Å². The molecule has 0 aliphatic carbocycles. The van der Waals surface area contributed by atoms with Crippen molar-refractivity contribution in [3.05, 3.63) is 50.4 Å². The zero-order valence-electron chi connectivity index (χ0n) is 14.7. The van der Waals surface area contributed by atoms with Crippen molar-refractivity contribution in [2.45, 2.75) is 48.8 Å². The predicted molar refractivity (Wildman–Crippen MR) is 103 cm³/mol. The van der Waals surface area contributed by atoms with Gasteiger partial charge in [-0.3, -0.25) is 0 Å². The summed E-state index contributed by atoms with van der Waals surface area (Å²) in [7, 11) is -3.95. The molecule has 27 heavy (non-hydrogen) atoms. The number of nitrogens with two attached hydrogens (primary N) is 1. The van der Waals surface area contributed by atoms with Crippen molar-refractivity contribution in [1.82, 2.24) is 5.32 Å². The zero-order valence-corrected chi connectivity index (χ0v) is 17.1. The molecule has 1 aromatic carbocycles. The Labute approximate surface area is 166 Å². The molecule has 1 spiro atoms. The zero-order chi connectivity index (χ0) is 19.4. The van der Waals surface area contributed by atoms with Crippen molar-refractivity contribution in [1.29, 1.82) is 0 Å². The van der Waals surface area contributed by atoms with Crippen LogP contribution in [0.3, 0.4) is 0 Å². The normalized spacial score (nSPS) is 28.3. The first-order valence-corrected chi connectivity index (χ1v) is 11.4. The third kappa shape index (κ3) is 3.54. The molecule has 3 heterocycles. The number of hydrogen-bond acceptors (Lipinski definition) is 5. The molecule has 1 aromatic heterocycles. The Kier molecular flexibility index (Phi) is 4.85. The van der Waals surface area contributed by atoms with Crippen molar-refractivity contribution in [3.63, 3.8) is 0 Å². The molecule has 0 saturated carbocycles. The van der Waals surface area contributed by atoms with Crippen LogP contribution in [0.2, 0.25) is 4.34 Å². The first-order valence-electron chi connectivity index (χ1n) is 8.69. The Balaban J connectivity index is 1.72. The highest BCUT2D eigenvalue weighted by atomic mass is 35.5. The fourth-order valence-corrected chi connectivity index (χ4v) is 6.22. The summed E-state index contributed by atoms with van der Waals surface area (Å²) in [5.41, 5.74) is 1.10. The molecule has 1 fully saturated rings. The molecule has 0 bridgehead atoms. The Bertz CT molecular complexity index is 994. The highest BCUT2D eigenvalue weighted by Crippen LogP contribution is 2.50. The van der Waals surface area contributed by atoms with Gasteiger partial charge in [0.15, 0.2) is 0 Å². The van der Waals surface area contributed by atoms with Crippen molar-refractivity contribution < 1.29 is 17.5 Å². The van der Waals surface area contributed by atoms with Gasteiger partial charge in [-0.2, -0.15) is 0 Å². The molecule has 4 rings (SSSR count). The van der Waals surface area contributed by atoms with Crippen molar-refractivity contribution in [3.8, 4) is 0 Å². The van der Waals surface area contributed by atoms with Crippen LogP contribution >= 0.6 is 22.9 Å². The Morgan fingerprint density at radius 2 is 2.15 bits per heavy atom. The van der Waals surface area contributed by atoms with Crippen LogP contribution in [0.4, 0.5) is 4.39 Å². The van der Waals surface area contributed by atoms with Gasteiger partial charge >= 0.3 is 0 Å². The van der Waals surface area contributed by atoms with E-state index in [1.54, 1.807) is 0 Å². The minimum absolute atomic E-state index is 0.0906. The lowest BCUT2D eigenvalue weighted by Crippen LogP contribution is -2.49. The molecule has 2 aliphatic rings. The maximum absolute atomic E-state index is 14.7. The Morgan fingerprint density at radius 1 is 1.37 bits per heavy atom. The predicted octanol–water partition coefficient (Wildman–Crippen LogP) is 3.47. The topological polar surface area (TPSA) is 81.4 Å². The number of thiophene rings is 1. The number of fused-ring (bicyclic) bond motifs is 2. The van der Waals surface area contributed by atoms with E-state index in [0.717, 1.165) is 28.1 Å². The van der Waals surface area contributed by atoms with Crippen molar-refractivity contribution in [2.75, 3.05) is 6.61 Å². The second-order valence-corrected chi connectivity index (χ2v) is 10.5. The SMILES string of the molecule is C[C@H]1C[C@@]2(C[C@@H](c3ccc(S(N)(=O)=O)cc3F)N1)OCCc1cc(Cl)sc12. The second-order valence-electron chi connectivity index (χ2n) is 7.25. The van der Waals surface area contributed by atoms with Gasteiger partial charge in [-0.05, 0) is 43.5 Å². The minimum atomic E-state index is -3.95. The van der Waals surface area contributed by atoms with Crippen LogP contribution in [0, 0.1) is 5.82 Å². The van der Waals surface area contributed by atoms with E-state index in [4.69, 9.17) is 21.5 Å². The van der Waals surface area contributed by atoms with Gasteiger partial charge in [0, 0.05) is 28.9 Å². The van der Waals surface area contributed by atoms with Crippen LogP contribution in [0.1, 0.15) is 41.8 Å². The molecular weight excluding hydrogens is 411 g/mol. The first kappa shape index (κ1) is 19.3. The molecule has 3 atom stereocenters. The number of halogens is 2. The standard InChI is InChI=1S/C18H20ClFN2O3S2/c1-10-8-18(17-11(4-5-25-18)6-16(19)26-17)9-15(22-10)13-3-2-12(7-14(13)20)27(21,23)24/h2-3,6-7,10,15,22H,4-5,8-9H2,1H3,(H2,21,23,24)/t10-,15-,18-/m0/s1. The van der Waals surface area contributed by atoms with Gasteiger partial charge in [0.25, 0.3) is 0 Å². The minimum Gasteiger partial charge on any atom is -0.369 e. The summed E-state index contributed by atoms with van der Waals surface area (Å²) in [6, 6.07) is 5.59. The molecule has 1 saturated heterocycles. The number of piperidine rings is 1. The van der Waals surface area contributed by atoms with E-state index in [1.165, 1.54) is 29.0 Å². The van der Waals surface area contributed by atoms with E-state index in [0.29, 0.717) is 18.6 Å². The number of benzene rings is 1. The van der Waals surface area contributed by atoms with Crippen molar-refractivity contribution >= 4 is 33.0 Å². The monoisotopic (exact) mass is 430 g/mol. The third-order valence-electron chi connectivity index (χ3n) is 5.27. The van der Waals surface area contributed by atoms with Gasteiger partial charge < -0.3 is 10.1 Å². The third-order valence-corrected chi connectivity index (χ3v) is 7.68. The summed E-state index contributed by atoms with van der Waals surface area (Å²) in [5, 5.41) is 8.51. The van der Waals surface area contributed by atoms with Gasteiger partial charge in [0.2, 0.25) is 10.0 Å². The van der Waals surface area contributed by atoms with E-state index in [9.17, 15) is 12.8 Å². The molecular formula is C18H20ClFN2O3S2. The first-order chi connectivity index (χ1) is 12.7. The lowest BCUT2D eigenvalue weighted by Gasteiger charge is -2.46. The molecule has 9 heteroatoms. The smallest absolute Gasteiger partial charge is 0.238 e. The molecule has 0 radical (unpaired) electrons. The van der Waals surface area contributed by atoms with Crippen LogP contribution in [0.5, 0.6) is 0 Å². The molecule has 0 amide bonds. The van der Waals surface area contributed by atoms with Crippen LogP contribution < -0.4 is 10.5 Å². The fourth-order valence-electron chi connectivity index (χ4n) is 4.23. The molecule has 5 nitrogen and oxygen atoms in total. The molecule has 2 aliphatic heterocycles. The van der Waals surface area contributed by atoms with Gasteiger partial charge in [0.1, 0.15) is 11.4 Å². The van der Waals surface area contributed by atoms with Crippen LogP contribution in [0.15, 0.2) is 29.2 Å². The summed E-state index contributed by atoms with van der Waals surface area (Å²) in [5.74, 6) is -0.594. The maximum Gasteiger partial charge on any atom is 0.238 e. The summed E-state index contributed by atoms with van der Waals surface area (Å²) in [4.78, 5) is 0.891. The number of primary sulfonamides is 1. The van der Waals surface area contributed by atoms with E-state index >= 15 is 0 Å². The molecule has 0 unspecified atom stereocenters. The Hall–Kier alpha value is -1.03. The number of rotatable bonds is 2. The van der Waals surface area contributed by atoms with Crippen LogP contribution in [-0.4, -0.2) is 21.1 Å². The molecule has 2 aromatic rings. The number of nitrogens with one attached hydrogen (secondary N) is 1. The molecule has 146 valence electrons. The highest BCUT2D eigenvalue weighted by molar-refractivity contribution is 7.89. The van der Waals surface area contributed by atoms with E-state index in [1.807, 2.05) is 13.0 Å². The average Bonchev–Trinajstić information content (AvgIpc) is 2.95. The Morgan fingerprint density at radius 3 is 2.85 bits per heavy atom. The lowest BCUT2D eigenvalue weighted by molar-refractivity contribution is -0.0956. The van der Waals surface area contributed by atoms with Crippen LogP contribution in [-0.2, 0) is 26.8 Å². The number of hydrogen-bond donors (Lipinski definition) is 2. The number of ether oxygens (including phenoxy) is 1. The van der Waals surface area contributed by atoms with Gasteiger partial charge in [-0.25, -0.2) is 17.9 Å². The fraction of sp³-hybridized carbons (Fsp3) is 0.444. The largest absolute Gasteiger partial charge is 0.369 e. The summed E-state index contributed by atoms with van der Waals surface area (Å²) in [6.45, 7) is 2.64. The average molecular weight is 431 g/mol. The van der Waals surface area contributed by atoms with Crippen molar-refractivity contribution in [2.24, 2.45) is 5.14 Å². The van der Waals surface area contributed by atoms with Gasteiger partial charge in [0.05, 0.1) is 15.8 Å². The quantitative estimate of drug-likeness (QED) is 0.764. The molecule has 3 N–H and O–H groups in total. The van der Waals surface area contributed by atoms with Gasteiger partial charge in [-0.15, -0.1) is 11.3 Å². The summed E-state index contributed by atoms with van der Waals surface area (Å²) < 4.78 is 44.7. The van der Waals surface area contributed by atoms with E-state index < -0.39 is 21.4 Å². The highest BCUT2D eigenvalue weighted by Gasteiger charge is 2.46. The second kappa shape index (κ2) is 6.79. The van der Waals surface area contributed by atoms with Crippen LogP contribution in [0.25, 0.3) is 0 Å². The number of sulfonamides is 1. The maximum atomic E-state index is 14.7. The summed E-state index contributed by atoms with van der Waals surface area (Å²) in [6.07, 6.45) is 2.14. The van der Waals surface area contributed by atoms with E-state index in [2.05, 4.69) is 5.32 Å². The lowest BCUT2D eigenvalue weighted by atomic mass is 9.78.